The Morgan fingerprint density at radius 2 is 0.850 bits per heavy atom. The minimum Gasteiger partial charge on any atom is -0.481 e. The summed E-state index contributed by atoms with van der Waals surface area (Å²) in [6.07, 6.45) is -1.79. The van der Waals surface area contributed by atoms with Crippen molar-refractivity contribution in [1.29, 1.82) is 0 Å². The summed E-state index contributed by atoms with van der Waals surface area (Å²) in [5, 5.41) is 89.1. The highest BCUT2D eigenvalue weighted by molar-refractivity contribution is 6.00. The topological polar surface area (TPSA) is 597 Å². The van der Waals surface area contributed by atoms with E-state index in [0.29, 0.717) is 12.8 Å². The summed E-state index contributed by atoms with van der Waals surface area (Å²) < 4.78 is 0. The van der Waals surface area contributed by atoms with Gasteiger partial charge in [0.15, 0.2) is 0 Å². The molecule has 1 saturated heterocycles. The van der Waals surface area contributed by atoms with Crippen LogP contribution in [-0.2, 0) is 81.5 Å². The first kappa shape index (κ1) is 88.8. The van der Waals surface area contributed by atoms with E-state index in [1.807, 2.05) is 0 Å². The molecule has 1 aliphatic rings. The van der Waals surface area contributed by atoms with Gasteiger partial charge in [-0.3, -0.25) is 76.7 Å². The molecule has 21 N–H and O–H groups in total. The Labute approximate surface area is 579 Å². The molecule has 0 unspecified atom stereocenters. The van der Waals surface area contributed by atoms with Crippen LogP contribution in [0.5, 0.6) is 0 Å². The molecule has 0 radical (unpaired) electrons. The van der Waals surface area contributed by atoms with Gasteiger partial charge in [0, 0.05) is 19.4 Å². The first-order valence-corrected chi connectivity index (χ1v) is 33.1. The van der Waals surface area contributed by atoms with Crippen molar-refractivity contribution in [2.24, 2.45) is 35.3 Å². The van der Waals surface area contributed by atoms with Crippen LogP contribution in [0.4, 0.5) is 0 Å². The maximum Gasteiger partial charge on any atom is 0.326 e. The van der Waals surface area contributed by atoms with Crippen molar-refractivity contribution in [1.82, 2.24) is 74.0 Å². The number of aliphatic hydroxyl groups excluding tert-OH is 3. The second kappa shape index (κ2) is 44.1. The van der Waals surface area contributed by atoms with E-state index < -0.39 is 261 Å². The minimum atomic E-state index is -1.93. The van der Waals surface area contributed by atoms with Gasteiger partial charge in [0.25, 0.3) is 0 Å². The van der Waals surface area contributed by atoms with Gasteiger partial charge in [0.1, 0.15) is 78.5 Å². The quantitative estimate of drug-likeness (QED) is 0.0269. The first-order chi connectivity index (χ1) is 46.7. The number of carbonyl (C=O) groups excluding carboxylic acids is 14. The fraction of sp³-hybridized carbons (Fsp3) is 0.726. The molecule has 0 aromatic rings. The van der Waals surface area contributed by atoms with Crippen LogP contribution in [0.3, 0.4) is 0 Å². The van der Waals surface area contributed by atoms with Crippen LogP contribution < -0.4 is 74.9 Å². The summed E-state index contributed by atoms with van der Waals surface area (Å²) in [7, 11) is 0. The summed E-state index contributed by atoms with van der Waals surface area (Å²) in [6, 6.07) is -18.9. The van der Waals surface area contributed by atoms with Crippen molar-refractivity contribution >= 4 is 101 Å². The van der Waals surface area contributed by atoms with Gasteiger partial charge in [-0.1, -0.05) is 82.1 Å². The molecule has 15 atom stereocenters. The van der Waals surface area contributed by atoms with Gasteiger partial charge in [-0.25, -0.2) is 4.79 Å². The zero-order valence-electron chi connectivity index (χ0n) is 58.6. The third-order valence-electron chi connectivity index (χ3n) is 16.3. The Morgan fingerprint density at radius 3 is 1.33 bits per heavy atom. The van der Waals surface area contributed by atoms with Crippen molar-refractivity contribution < 1.29 is 112 Å². The number of nitrogens with two attached hydrogens (primary N) is 1. The van der Waals surface area contributed by atoms with Crippen molar-refractivity contribution in [2.45, 2.75) is 219 Å². The Bertz CT molecular complexity index is 2880. The van der Waals surface area contributed by atoms with Crippen LogP contribution in [0.2, 0.25) is 0 Å². The number of aliphatic hydroxyl groups is 3. The molecular weight excluding hydrogens is 1320 g/mol. The molecule has 1 fully saturated rings. The van der Waals surface area contributed by atoms with Crippen LogP contribution in [-0.4, -0.2) is 254 Å². The van der Waals surface area contributed by atoms with Crippen molar-refractivity contribution in [3.63, 3.8) is 0 Å². The Kier molecular flexibility index (Phi) is 39.1. The maximum atomic E-state index is 14.1. The highest BCUT2D eigenvalue weighted by Gasteiger charge is 2.42. The molecule has 566 valence electrons. The van der Waals surface area contributed by atoms with Gasteiger partial charge in [0.2, 0.25) is 82.7 Å². The predicted octanol–water partition coefficient (Wildman–Crippen LogP) is -6.85. The molecule has 14 amide bonds. The number of rotatable bonds is 45. The van der Waals surface area contributed by atoms with E-state index in [9.17, 15) is 107 Å². The third kappa shape index (κ3) is 30.1. The highest BCUT2D eigenvalue weighted by Crippen LogP contribution is 2.22. The number of amides is 14. The number of hydrogen-bond donors (Lipinski definition) is 20. The summed E-state index contributed by atoms with van der Waals surface area (Å²) >= 11 is 0. The number of carboxylic acid groups (broad SMARTS) is 3. The van der Waals surface area contributed by atoms with Gasteiger partial charge in [-0.2, -0.15) is 0 Å². The second-order valence-electron chi connectivity index (χ2n) is 25.7. The molecule has 1 rings (SSSR count). The average Bonchev–Trinajstić information content (AvgIpc) is 1.61. The lowest BCUT2D eigenvalue weighted by molar-refractivity contribution is -0.146. The summed E-state index contributed by atoms with van der Waals surface area (Å²) in [5.41, 5.74) is 5.45. The molecule has 38 heteroatoms. The van der Waals surface area contributed by atoms with Gasteiger partial charge in [-0.15, -0.1) is 0 Å². The van der Waals surface area contributed by atoms with Crippen LogP contribution >= 0.6 is 0 Å². The SMILES string of the molecule is CC[C@H](C)[C@H](NC(=O)[C@@H]1CCCN1C(=O)[C@@H](NC(=O)CNC(=O)[C@H](CCC(=O)O)NC(=O)[C@H](CCC(=O)O)NC(=O)[C@H](CO)NC(=O)[C@H](CC(C)C)NC(=O)[C@@H](NC(=O)[C@H](CO)NC(=O)CNC(=O)[C@@H](NC(=O)[C@H](C)NC(=O)[C@H](C)NC(=O)[C@@H](N)CO)C(C)C)[C@@H](C)CC)C(C)C)C(=O)O. The smallest absolute Gasteiger partial charge is 0.326 e. The van der Waals surface area contributed by atoms with E-state index in [-0.39, 0.29) is 31.7 Å². The summed E-state index contributed by atoms with van der Waals surface area (Å²) in [5.74, 6) is -20.5. The fourth-order valence-electron chi connectivity index (χ4n) is 9.85. The third-order valence-corrected chi connectivity index (χ3v) is 16.3. The maximum absolute atomic E-state index is 14.1. The predicted molar refractivity (Wildman–Crippen MR) is 352 cm³/mol. The number of carboxylic acids is 3. The molecule has 0 aliphatic carbocycles. The number of nitrogens with zero attached hydrogens (tertiary/aromatic N) is 1. The van der Waals surface area contributed by atoms with Crippen LogP contribution in [0, 0.1) is 29.6 Å². The Morgan fingerprint density at radius 1 is 0.430 bits per heavy atom. The van der Waals surface area contributed by atoms with Crippen LogP contribution in [0.15, 0.2) is 0 Å². The number of aliphatic carboxylic acids is 3. The molecule has 0 aromatic heterocycles. The van der Waals surface area contributed by atoms with E-state index in [0.717, 1.165) is 0 Å². The van der Waals surface area contributed by atoms with Crippen molar-refractivity contribution in [3.05, 3.63) is 0 Å². The monoisotopic (exact) mass is 1430 g/mol. The Balaban J connectivity index is 3.25. The van der Waals surface area contributed by atoms with Gasteiger partial charge < -0.3 is 110 Å². The van der Waals surface area contributed by atoms with E-state index in [1.54, 1.807) is 69.2 Å². The van der Waals surface area contributed by atoms with Crippen LogP contribution in [0.25, 0.3) is 0 Å². The summed E-state index contributed by atoms with van der Waals surface area (Å²) in [6.45, 7) is 14.3. The molecule has 1 aliphatic heterocycles. The average molecular weight is 1430 g/mol. The molecule has 0 spiro atoms. The number of nitrogens with one attached hydrogen (secondary N) is 13. The molecule has 0 aromatic carbocycles. The van der Waals surface area contributed by atoms with Crippen LogP contribution in [0.1, 0.15) is 141 Å². The van der Waals surface area contributed by atoms with E-state index in [4.69, 9.17) is 10.8 Å². The molecule has 0 saturated carbocycles. The number of likely N-dealkylation sites (tertiary alicyclic amines) is 1. The lowest BCUT2D eigenvalue weighted by Gasteiger charge is -2.31. The van der Waals surface area contributed by atoms with Crippen molar-refractivity contribution in [2.75, 3.05) is 39.5 Å². The van der Waals surface area contributed by atoms with Crippen molar-refractivity contribution in [3.8, 4) is 0 Å². The number of carbonyl (C=O) groups is 17. The highest BCUT2D eigenvalue weighted by atomic mass is 16.4. The molecule has 1 heterocycles. The summed E-state index contributed by atoms with van der Waals surface area (Å²) in [4.78, 5) is 225. The van der Waals surface area contributed by atoms with Gasteiger partial charge >= 0.3 is 17.9 Å². The minimum absolute atomic E-state index is 0.0994. The first-order valence-electron chi connectivity index (χ1n) is 33.1. The molecular formula is C62H105N15O23. The largest absolute Gasteiger partial charge is 0.481 e. The molecule has 100 heavy (non-hydrogen) atoms. The lowest BCUT2D eigenvalue weighted by atomic mass is 9.96. The zero-order valence-corrected chi connectivity index (χ0v) is 58.6. The van der Waals surface area contributed by atoms with E-state index in [1.165, 1.54) is 18.7 Å². The molecule has 0 bridgehead atoms. The second-order valence-corrected chi connectivity index (χ2v) is 25.7. The normalized spacial score (nSPS) is 16.9. The molecule has 38 nitrogen and oxygen atoms in total. The van der Waals surface area contributed by atoms with Gasteiger partial charge in [-0.05, 0) is 75.5 Å². The zero-order chi connectivity index (χ0) is 76.6. The van der Waals surface area contributed by atoms with Gasteiger partial charge in [0.05, 0.1) is 32.9 Å². The number of hydrogen-bond acceptors (Lipinski definition) is 21. The lowest BCUT2D eigenvalue weighted by Crippen LogP contribution is -2.61. The fourth-order valence-corrected chi connectivity index (χ4v) is 9.85. The van der Waals surface area contributed by atoms with E-state index >= 15 is 0 Å². The van der Waals surface area contributed by atoms with E-state index in [2.05, 4.69) is 69.1 Å². The standard InChI is InChI=1S/C62H105N15O23/c1-13-31(9)48(75-57(94)39(26-79)68-42(81)23-65-59(96)46(29(5)6)74-51(88)34(12)66-50(87)33(11)67-52(89)35(63)25-78)60(97)71-38(22-28(3)4)55(92)72-40(27-80)56(93)70-37(18-20-45(85)86)54(91)69-36(17-19-44(83)84)53(90)64-24-43(82)73-47(30(7)8)61(98)77-21-15-16-41(77)58(95)76-49(62(99)100)32(10)14-2/h28-41,46-49,78-80H,13-27,63H2,1-12H3,(H,64,90)(H,65,96)(H,66,87)(H,67,89)(H,68,81)(H,69,91)(H,70,93)(H,71,97)(H,72,92)(H,73,82)(H,74,88)(H,75,94)(H,76,95)(H,83,84)(H,85,86)(H,99,100)/t31-,32-,33-,34-,35-,36-,37-,38-,39-,40-,41-,46-,47-,48-,49-/m0/s1. The Hall–Kier alpha value is -9.17.